The summed E-state index contributed by atoms with van der Waals surface area (Å²) in [7, 11) is 0. The molecule has 1 aliphatic rings. The molecule has 0 aromatic rings. The lowest BCUT2D eigenvalue weighted by Crippen LogP contribution is -2.50. The zero-order valence-corrected chi connectivity index (χ0v) is 8.02. The average molecular weight is 185 g/mol. The lowest BCUT2D eigenvalue weighted by molar-refractivity contribution is 0.199. The maximum absolute atomic E-state index is 5.51. The van der Waals surface area contributed by atoms with Crippen molar-refractivity contribution in [3.63, 3.8) is 0 Å². The van der Waals surface area contributed by atoms with Gasteiger partial charge in [-0.25, -0.2) is 0 Å². The summed E-state index contributed by atoms with van der Waals surface area (Å²) in [6.07, 6.45) is 1.93. The molecule has 1 heterocycles. The largest absolute Gasteiger partial charge is 0.376 e. The zero-order chi connectivity index (χ0) is 8.97. The fourth-order valence-corrected chi connectivity index (χ4v) is 1.52. The molecule has 0 saturated carbocycles. The van der Waals surface area contributed by atoms with Gasteiger partial charge in [0.15, 0.2) is 5.11 Å². The quantitative estimate of drug-likeness (QED) is 0.486. The number of rotatable bonds is 2. The first-order chi connectivity index (χ1) is 5.74. The third-order valence-corrected chi connectivity index (χ3v) is 2.33. The molecule has 68 valence electrons. The molecule has 1 aliphatic heterocycles. The molecule has 0 unspecified atom stereocenters. The van der Waals surface area contributed by atoms with Gasteiger partial charge in [0.25, 0.3) is 0 Å². The highest BCUT2D eigenvalue weighted by Crippen LogP contribution is 2.00. The van der Waals surface area contributed by atoms with Crippen LogP contribution in [-0.2, 0) is 0 Å². The van der Waals surface area contributed by atoms with Gasteiger partial charge in [-0.15, -0.1) is 6.58 Å². The van der Waals surface area contributed by atoms with E-state index in [1.165, 1.54) is 0 Å². The molecule has 0 radical (unpaired) electrons. The third kappa shape index (κ3) is 2.46. The van der Waals surface area contributed by atoms with Crippen molar-refractivity contribution in [1.82, 2.24) is 9.80 Å². The SMILES string of the molecule is C=CCN1CCN(C(N)=S)CC1. The number of nitrogens with two attached hydrogens (primary N) is 1. The Hall–Kier alpha value is -0.610. The molecule has 0 aliphatic carbocycles. The Kier molecular flexibility index (Phi) is 3.49. The minimum Gasteiger partial charge on any atom is -0.376 e. The van der Waals surface area contributed by atoms with Crippen molar-refractivity contribution < 1.29 is 0 Å². The molecule has 0 atom stereocenters. The predicted octanol–water partition coefficient (Wildman–Crippen LogP) is 0.0336. The van der Waals surface area contributed by atoms with E-state index in [1.54, 1.807) is 0 Å². The van der Waals surface area contributed by atoms with Crippen molar-refractivity contribution in [2.24, 2.45) is 5.73 Å². The van der Waals surface area contributed by atoms with Crippen LogP contribution in [0.2, 0.25) is 0 Å². The van der Waals surface area contributed by atoms with Gasteiger partial charge < -0.3 is 10.6 Å². The second-order valence-electron chi connectivity index (χ2n) is 2.91. The molecule has 0 spiro atoms. The van der Waals surface area contributed by atoms with E-state index in [0.29, 0.717) is 5.11 Å². The van der Waals surface area contributed by atoms with Crippen LogP contribution in [0.4, 0.5) is 0 Å². The van der Waals surface area contributed by atoms with E-state index < -0.39 is 0 Å². The summed E-state index contributed by atoms with van der Waals surface area (Å²) in [5, 5.41) is 0.522. The van der Waals surface area contributed by atoms with Crippen LogP contribution in [0.25, 0.3) is 0 Å². The first-order valence-electron chi connectivity index (χ1n) is 4.11. The van der Waals surface area contributed by atoms with Gasteiger partial charge in [0.1, 0.15) is 0 Å². The van der Waals surface area contributed by atoms with E-state index in [-0.39, 0.29) is 0 Å². The van der Waals surface area contributed by atoms with Gasteiger partial charge in [-0.2, -0.15) is 0 Å². The summed E-state index contributed by atoms with van der Waals surface area (Å²) >= 11 is 4.88. The van der Waals surface area contributed by atoms with E-state index >= 15 is 0 Å². The molecule has 0 amide bonds. The number of hydrogen-bond acceptors (Lipinski definition) is 2. The maximum atomic E-state index is 5.51. The highest BCUT2D eigenvalue weighted by molar-refractivity contribution is 7.80. The normalized spacial score (nSPS) is 19.2. The van der Waals surface area contributed by atoms with Crippen molar-refractivity contribution >= 4 is 17.3 Å². The molecule has 0 aromatic carbocycles. The van der Waals surface area contributed by atoms with Crippen LogP contribution in [0.15, 0.2) is 12.7 Å². The lowest BCUT2D eigenvalue weighted by atomic mass is 10.3. The molecule has 2 N–H and O–H groups in total. The monoisotopic (exact) mass is 185 g/mol. The minimum atomic E-state index is 0.522. The molecular weight excluding hydrogens is 170 g/mol. The second-order valence-corrected chi connectivity index (χ2v) is 3.33. The van der Waals surface area contributed by atoms with Crippen molar-refractivity contribution in [1.29, 1.82) is 0 Å². The highest BCUT2D eigenvalue weighted by atomic mass is 32.1. The molecule has 12 heavy (non-hydrogen) atoms. The van der Waals surface area contributed by atoms with Gasteiger partial charge >= 0.3 is 0 Å². The van der Waals surface area contributed by atoms with Crippen LogP contribution in [0.3, 0.4) is 0 Å². The topological polar surface area (TPSA) is 32.5 Å². The number of piperazine rings is 1. The first kappa shape index (κ1) is 9.48. The summed E-state index contributed by atoms with van der Waals surface area (Å²) < 4.78 is 0. The van der Waals surface area contributed by atoms with Gasteiger partial charge in [-0.3, -0.25) is 4.90 Å². The molecular formula is C8H15N3S. The summed E-state index contributed by atoms with van der Waals surface area (Å²) in [6.45, 7) is 8.62. The molecule has 4 heteroatoms. The Balaban J connectivity index is 2.29. The Morgan fingerprint density at radius 3 is 2.42 bits per heavy atom. The maximum Gasteiger partial charge on any atom is 0.166 e. The van der Waals surface area contributed by atoms with Gasteiger partial charge in [0.05, 0.1) is 0 Å². The molecule has 0 bridgehead atoms. The molecule has 0 aromatic heterocycles. The third-order valence-electron chi connectivity index (χ3n) is 2.07. The van der Waals surface area contributed by atoms with E-state index in [1.807, 2.05) is 11.0 Å². The predicted molar refractivity (Wildman–Crippen MR) is 55.0 cm³/mol. The minimum absolute atomic E-state index is 0.522. The van der Waals surface area contributed by atoms with Crippen molar-refractivity contribution in [2.45, 2.75) is 0 Å². The van der Waals surface area contributed by atoms with E-state index in [2.05, 4.69) is 11.5 Å². The smallest absolute Gasteiger partial charge is 0.166 e. The highest BCUT2D eigenvalue weighted by Gasteiger charge is 2.15. The Morgan fingerprint density at radius 1 is 1.42 bits per heavy atom. The van der Waals surface area contributed by atoms with E-state index in [4.69, 9.17) is 18.0 Å². The summed E-state index contributed by atoms with van der Waals surface area (Å²) in [4.78, 5) is 4.37. The van der Waals surface area contributed by atoms with Crippen molar-refractivity contribution in [3.05, 3.63) is 12.7 Å². The number of nitrogens with zero attached hydrogens (tertiary/aromatic N) is 2. The van der Waals surface area contributed by atoms with Crippen LogP contribution in [0, 0.1) is 0 Å². The summed E-state index contributed by atoms with van der Waals surface area (Å²) in [6, 6.07) is 0. The first-order valence-corrected chi connectivity index (χ1v) is 4.52. The van der Waals surface area contributed by atoms with Gasteiger partial charge in [-0.1, -0.05) is 6.08 Å². The number of thiocarbonyl (C=S) groups is 1. The van der Waals surface area contributed by atoms with Crippen LogP contribution >= 0.6 is 12.2 Å². The zero-order valence-electron chi connectivity index (χ0n) is 7.20. The standard InChI is InChI=1S/C8H15N3S/c1-2-3-10-4-6-11(7-5-10)8(9)12/h2H,1,3-7H2,(H2,9,12). The van der Waals surface area contributed by atoms with Crippen LogP contribution in [0.1, 0.15) is 0 Å². The summed E-state index contributed by atoms with van der Waals surface area (Å²) in [5.41, 5.74) is 5.51. The second kappa shape index (κ2) is 4.42. The number of hydrogen-bond donors (Lipinski definition) is 1. The fraction of sp³-hybridized carbons (Fsp3) is 0.625. The Bertz CT molecular complexity index is 173. The molecule has 1 rings (SSSR count). The van der Waals surface area contributed by atoms with Crippen molar-refractivity contribution in [3.8, 4) is 0 Å². The average Bonchev–Trinajstić information content (AvgIpc) is 2.06. The van der Waals surface area contributed by atoms with Gasteiger partial charge in [0.2, 0.25) is 0 Å². The van der Waals surface area contributed by atoms with Crippen molar-refractivity contribution in [2.75, 3.05) is 32.7 Å². The molecule has 3 nitrogen and oxygen atoms in total. The molecule has 1 fully saturated rings. The van der Waals surface area contributed by atoms with Gasteiger partial charge in [0, 0.05) is 32.7 Å². The van der Waals surface area contributed by atoms with E-state index in [9.17, 15) is 0 Å². The Morgan fingerprint density at radius 2 is 2.00 bits per heavy atom. The summed E-state index contributed by atoms with van der Waals surface area (Å²) in [5.74, 6) is 0. The van der Waals surface area contributed by atoms with Crippen LogP contribution in [0.5, 0.6) is 0 Å². The van der Waals surface area contributed by atoms with E-state index in [0.717, 1.165) is 32.7 Å². The van der Waals surface area contributed by atoms with Crippen LogP contribution < -0.4 is 5.73 Å². The lowest BCUT2D eigenvalue weighted by Gasteiger charge is -2.34. The van der Waals surface area contributed by atoms with Crippen LogP contribution in [-0.4, -0.2) is 47.6 Å². The fourth-order valence-electron chi connectivity index (χ4n) is 1.33. The molecule has 1 saturated heterocycles. The van der Waals surface area contributed by atoms with Gasteiger partial charge in [-0.05, 0) is 12.2 Å². The Labute approximate surface area is 78.8 Å².